The first-order valence-corrected chi connectivity index (χ1v) is 11.8. The third kappa shape index (κ3) is 5.74. The number of halogens is 3. The second-order valence-corrected chi connectivity index (χ2v) is 9.21. The van der Waals surface area contributed by atoms with Crippen LogP contribution < -0.4 is 15.6 Å². The molecule has 1 aliphatic rings. The molecule has 0 bridgehead atoms. The molecular formula is C24H17Cl3N4O3S. The standard InChI is InChI=1S/C24H17Cl3N4O3S/c25-15-8-6-14(7-9-15)22(33)29-31-20(13-21(32)28-18-11-16(26)10-17(27)12-18)23(34)30(24(31)35)19-4-2-1-3-5-19/h1-12,20H,13H2,(H,28,32)(H,29,33). The van der Waals surface area contributed by atoms with Crippen LogP contribution in [0.5, 0.6) is 0 Å². The van der Waals surface area contributed by atoms with E-state index in [0.717, 1.165) is 0 Å². The zero-order chi connectivity index (χ0) is 25.1. The van der Waals surface area contributed by atoms with Gasteiger partial charge in [-0.1, -0.05) is 53.0 Å². The van der Waals surface area contributed by atoms with Crippen molar-refractivity contribution in [3.63, 3.8) is 0 Å². The van der Waals surface area contributed by atoms with Gasteiger partial charge in [0.2, 0.25) is 11.0 Å². The molecule has 7 nitrogen and oxygen atoms in total. The molecule has 1 fully saturated rings. The number of carbonyl (C=O) groups is 3. The molecule has 0 saturated carbocycles. The summed E-state index contributed by atoms with van der Waals surface area (Å²) in [5, 5.41) is 5.10. The molecule has 0 aliphatic carbocycles. The number of rotatable bonds is 6. The summed E-state index contributed by atoms with van der Waals surface area (Å²) < 4.78 is 0. The minimum absolute atomic E-state index is 0.0344. The van der Waals surface area contributed by atoms with Crippen LogP contribution in [-0.4, -0.2) is 33.9 Å². The van der Waals surface area contributed by atoms with Crippen LogP contribution in [0.4, 0.5) is 11.4 Å². The normalized spacial score (nSPS) is 15.3. The van der Waals surface area contributed by atoms with Crippen LogP contribution in [0.2, 0.25) is 15.1 Å². The molecular weight excluding hydrogens is 531 g/mol. The predicted molar refractivity (Wildman–Crippen MR) is 141 cm³/mol. The monoisotopic (exact) mass is 546 g/mol. The van der Waals surface area contributed by atoms with Crippen molar-refractivity contribution in [2.24, 2.45) is 0 Å². The average Bonchev–Trinajstić information content (AvgIpc) is 3.03. The molecule has 3 aromatic carbocycles. The summed E-state index contributed by atoms with van der Waals surface area (Å²) in [6, 6.07) is 18.4. The van der Waals surface area contributed by atoms with Gasteiger partial charge < -0.3 is 5.32 Å². The number of carbonyl (C=O) groups excluding carboxylic acids is 3. The van der Waals surface area contributed by atoms with Crippen molar-refractivity contribution in [3.05, 3.63) is 93.4 Å². The van der Waals surface area contributed by atoms with E-state index < -0.39 is 23.8 Å². The highest BCUT2D eigenvalue weighted by atomic mass is 35.5. The van der Waals surface area contributed by atoms with Gasteiger partial charge in [-0.15, -0.1) is 0 Å². The highest BCUT2D eigenvalue weighted by Gasteiger charge is 2.45. The number of hydrazine groups is 1. The van der Waals surface area contributed by atoms with Gasteiger partial charge in [-0.2, -0.15) is 0 Å². The molecule has 1 atom stereocenters. The van der Waals surface area contributed by atoms with Crippen LogP contribution in [0.3, 0.4) is 0 Å². The molecule has 4 rings (SSSR count). The Labute approximate surface area is 221 Å². The van der Waals surface area contributed by atoms with Crippen LogP contribution in [0, 0.1) is 0 Å². The Morgan fingerprint density at radius 1 is 0.886 bits per heavy atom. The lowest BCUT2D eigenvalue weighted by atomic mass is 10.1. The fraction of sp³-hybridized carbons (Fsp3) is 0.0833. The van der Waals surface area contributed by atoms with E-state index in [1.807, 2.05) is 0 Å². The van der Waals surface area contributed by atoms with Crippen molar-refractivity contribution < 1.29 is 14.4 Å². The van der Waals surface area contributed by atoms with E-state index in [9.17, 15) is 14.4 Å². The number of benzene rings is 3. The van der Waals surface area contributed by atoms with Gasteiger partial charge >= 0.3 is 0 Å². The van der Waals surface area contributed by atoms with Gasteiger partial charge in [-0.05, 0) is 66.8 Å². The molecule has 1 unspecified atom stereocenters. The molecule has 0 spiro atoms. The van der Waals surface area contributed by atoms with Crippen LogP contribution in [0.25, 0.3) is 0 Å². The lowest BCUT2D eigenvalue weighted by molar-refractivity contribution is -0.124. The van der Waals surface area contributed by atoms with Crippen LogP contribution in [0.1, 0.15) is 16.8 Å². The highest BCUT2D eigenvalue weighted by molar-refractivity contribution is 7.80. The number of hydrogen-bond acceptors (Lipinski definition) is 4. The summed E-state index contributed by atoms with van der Waals surface area (Å²) in [6.45, 7) is 0. The molecule has 3 amide bonds. The predicted octanol–water partition coefficient (Wildman–Crippen LogP) is 5.32. The smallest absolute Gasteiger partial charge is 0.269 e. The molecule has 3 aromatic rings. The molecule has 35 heavy (non-hydrogen) atoms. The number of para-hydroxylation sites is 1. The van der Waals surface area contributed by atoms with Crippen LogP contribution in [0.15, 0.2) is 72.8 Å². The van der Waals surface area contributed by atoms with Gasteiger partial charge in [0, 0.05) is 26.3 Å². The topological polar surface area (TPSA) is 81.8 Å². The van der Waals surface area contributed by atoms with E-state index in [4.69, 9.17) is 47.0 Å². The molecule has 0 radical (unpaired) electrons. The Hall–Kier alpha value is -3.17. The van der Waals surface area contributed by atoms with Crippen molar-refractivity contribution in [2.45, 2.75) is 12.5 Å². The summed E-state index contributed by atoms with van der Waals surface area (Å²) in [4.78, 5) is 40.4. The third-order valence-electron chi connectivity index (χ3n) is 5.08. The van der Waals surface area contributed by atoms with Crippen molar-refractivity contribution in [1.29, 1.82) is 0 Å². The molecule has 2 N–H and O–H groups in total. The average molecular weight is 548 g/mol. The Kier molecular flexibility index (Phi) is 7.57. The Bertz CT molecular complexity index is 1280. The number of hydrogen-bond donors (Lipinski definition) is 2. The van der Waals surface area contributed by atoms with Crippen molar-refractivity contribution in [3.8, 4) is 0 Å². The van der Waals surface area contributed by atoms with E-state index in [2.05, 4.69) is 10.7 Å². The minimum Gasteiger partial charge on any atom is -0.326 e. The second-order valence-electron chi connectivity index (χ2n) is 7.54. The maximum atomic E-state index is 13.4. The van der Waals surface area contributed by atoms with Gasteiger partial charge in [0.15, 0.2) is 0 Å². The second kappa shape index (κ2) is 10.6. The molecule has 0 aromatic heterocycles. The van der Waals surface area contributed by atoms with Crippen molar-refractivity contribution >= 4 is 81.2 Å². The number of anilines is 2. The van der Waals surface area contributed by atoms with E-state index in [1.54, 1.807) is 42.5 Å². The van der Waals surface area contributed by atoms with E-state index >= 15 is 0 Å². The summed E-state index contributed by atoms with van der Waals surface area (Å²) in [6.07, 6.45) is -0.298. The zero-order valence-electron chi connectivity index (χ0n) is 17.9. The van der Waals surface area contributed by atoms with Crippen LogP contribution in [-0.2, 0) is 9.59 Å². The fourth-order valence-corrected chi connectivity index (χ4v) is 4.52. The number of nitrogens with one attached hydrogen (secondary N) is 2. The minimum atomic E-state index is -1.09. The molecule has 1 aliphatic heterocycles. The fourth-order valence-electron chi connectivity index (χ4n) is 3.50. The number of thiocarbonyl (C=S) groups is 1. The molecule has 178 valence electrons. The summed E-state index contributed by atoms with van der Waals surface area (Å²) >= 11 is 23.4. The van der Waals surface area contributed by atoms with Gasteiger partial charge in [0.25, 0.3) is 11.8 Å². The van der Waals surface area contributed by atoms with E-state index in [-0.39, 0.29) is 11.5 Å². The van der Waals surface area contributed by atoms with Crippen LogP contribution >= 0.6 is 47.0 Å². The SMILES string of the molecule is O=C(CC1C(=O)N(c2ccccc2)C(=S)N1NC(=O)c1ccc(Cl)cc1)Nc1cc(Cl)cc(Cl)c1. The molecule has 1 saturated heterocycles. The first-order chi connectivity index (χ1) is 16.7. The van der Waals surface area contributed by atoms with Gasteiger partial charge in [0.05, 0.1) is 12.1 Å². The summed E-state index contributed by atoms with van der Waals surface area (Å²) in [5.74, 6) is -1.47. The Morgan fingerprint density at radius 2 is 1.51 bits per heavy atom. The lowest BCUT2D eigenvalue weighted by Crippen LogP contribution is -2.49. The third-order valence-corrected chi connectivity index (χ3v) is 6.15. The maximum absolute atomic E-state index is 13.4. The Balaban J connectivity index is 1.59. The highest BCUT2D eigenvalue weighted by Crippen LogP contribution is 2.27. The summed E-state index contributed by atoms with van der Waals surface area (Å²) in [5.41, 5.74) is 3.85. The van der Waals surface area contributed by atoms with Crippen molar-refractivity contribution in [2.75, 3.05) is 10.2 Å². The number of amides is 3. The quantitative estimate of drug-likeness (QED) is 0.408. The molecule has 1 heterocycles. The zero-order valence-corrected chi connectivity index (χ0v) is 21.0. The maximum Gasteiger partial charge on any atom is 0.269 e. The summed E-state index contributed by atoms with van der Waals surface area (Å²) in [7, 11) is 0. The van der Waals surface area contributed by atoms with Gasteiger partial charge in [0.1, 0.15) is 6.04 Å². The Morgan fingerprint density at radius 3 is 2.14 bits per heavy atom. The largest absolute Gasteiger partial charge is 0.326 e. The van der Waals surface area contributed by atoms with E-state index in [1.165, 1.54) is 40.2 Å². The van der Waals surface area contributed by atoms with Crippen molar-refractivity contribution in [1.82, 2.24) is 10.4 Å². The van der Waals surface area contributed by atoms with Gasteiger partial charge in [-0.3, -0.25) is 24.7 Å². The van der Waals surface area contributed by atoms with Gasteiger partial charge in [-0.25, -0.2) is 5.01 Å². The first-order valence-electron chi connectivity index (χ1n) is 10.3. The first kappa shape index (κ1) is 24.9. The lowest BCUT2D eigenvalue weighted by Gasteiger charge is -2.24. The molecule has 11 heteroatoms. The number of nitrogens with zero attached hydrogens (tertiary/aromatic N) is 2. The van der Waals surface area contributed by atoms with E-state index in [0.29, 0.717) is 32.0 Å².